The molecule has 0 aliphatic rings. The van der Waals surface area contributed by atoms with Crippen molar-refractivity contribution in [3.8, 4) is 0 Å². The van der Waals surface area contributed by atoms with E-state index in [-0.39, 0.29) is 5.04 Å². The van der Waals surface area contributed by atoms with Crippen LogP contribution in [0.15, 0.2) is 30.3 Å². The second kappa shape index (κ2) is 24.4. The average molecular weight is 581 g/mol. The molecule has 0 saturated carbocycles. The lowest BCUT2D eigenvalue weighted by Crippen LogP contribution is -2.43. The highest BCUT2D eigenvalue weighted by molar-refractivity contribution is 6.74. The van der Waals surface area contributed by atoms with Gasteiger partial charge >= 0.3 is 5.97 Å². The number of carbonyl (C=O) groups is 1. The summed E-state index contributed by atoms with van der Waals surface area (Å²) in [6, 6.07) is 8.30. The van der Waals surface area contributed by atoms with Gasteiger partial charge in [-0.1, -0.05) is 142 Å². The van der Waals surface area contributed by atoms with Crippen LogP contribution in [0.4, 0.5) is 0 Å². The molecule has 2 N–H and O–H groups in total. The Morgan fingerprint density at radius 2 is 1.18 bits per heavy atom. The summed E-state index contributed by atoms with van der Waals surface area (Å²) < 4.78 is 11.7. The van der Waals surface area contributed by atoms with E-state index in [1.165, 1.54) is 96.3 Å². The van der Waals surface area contributed by atoms with Gasteiger partial charge in [0.25, 0.3) is 0 Å². The van der Waals surface area contributed by atoms with Crippen molar-refractivity contribution in [2.24, 2.45) is 0 Å². The Morgan fingerprint density at radius 3 is 1.55 bits per heavy atom. The van der Waals surface area contributed by atoms with Crippen LogP contribution in [-0.2, 0) is 9.16 Å². The summed E-state index contributed by atoms with van der Waals surface area (Å²) in [5.74, 6) is -0.879. The van der Waals surface area contributed by atoms with Crippen LogP contribution in [0.2, 0.25) is 18.1 Å². The highest BCUT2D eigenvalue weighted by atomic mass is 28.4. The molecule has 0 heterocycles. The zero-order valence-corrected chi connectivity index (χ0v) is 28.0. The molecule has 1 rings (SSSR count). The first kappa shape index (κ1) is 38.8. The van der Waals surface area contributed by atoms with Crippen LogP contribution in [0.1, 0.15) is 141 Å². The zero-order valence-electron chi connectivity index (χ0n) is 27.0. The molecule has 0 spiro atoms. The topological polar surface area (TPSA) is 76.0 Å². The quantitative estimate of drug-likeness (QED) is 0.0995. The molecule has 0 aliphatic heterocycles. The van der Waals surface area contributed by atoms with Gasteiger partial charge in [-0.15, -0.1) is 0 Å². The lowest BCUT2D eigenvalue weighted by atomic mass is 10.0. The van der Waals surface area contributed by atoms with E-state index in [0.717, 1.165) is 13.0 Å². The minimum absolute atomic E-state index is 0.182. The van der Waals surface area contributed by atoms with Crippen molar-refractivity contribution in [1.82, 2.24) is 0 Å². The van der Waals surface area contributed by atoms with Gasteiger partial charge in [0, 0.05) is 6.61 Å². The third-order valence-corrected chi connectivity index (χ3v) is 12.4. The first-order valence-corrected chi connectivity index (χ1v) is 19.1. The van der Waals surface area contributed by atoms with E-state index in [1.807, 2.05) is 0 Å². The summed E-state index contributed by atoms with van der Waals surface area (Å²) in [7, 11) is -1.78. The monoisotopic (exact) mass is 580 g/mol. The molecule has 0 aliphatic carbocycles. The number of aliphatic hydroxyl groups is 1. The summed E-state index contributed by atoms with van der Waals surface area (Å²) in [5, 5.41) is 18.7. The van der Waals surface area contributed by atoms with E-state index < -0.39 is 20.4 Å². The fraction of sp³-hybridized carbons (Fsp3) is 0.794. The van der Waals surface area contributed by atoms with Gasteiger partial charge < -0.3 is 19.4 Å². The van der Waals surface area contributed by atoms with Gasteiger partial charge in [-0.2, -0.15) is 0 Å². The van der Waals surface area contributed by atoms with E-state index >= 15 is 0 Å². The Labute approximate surface area is 248 Å². The Balaban J connectivity index is 0.00000141. The van der Waals surface area contributed by atoms with Gasteiger partial charge in [0.15, 0.2) is 8.32 Å². The number of carboxylic acids is 1. The smallest absolute Gasteiger partial charge is 0.335 e. The van der Waals surface area contributed by atoms with Gasteiger partial charge in [0.05, 0.1) is 24.9 Å². The third kappa shape index (κ3) is 22.5. The Hall–Kier alpha value is -1.21. The second-order valence-electron chi connectivity index (χ2n) is 12.8. The van der Waals surface area contributed by atoms with Crippen molar-refractivity contribution in [3.63, 3.8) is 0 Å². The second-order valence-corrected chi connectivity index (χ2v) is 17.6. The van der Waals surface area contributed by atoms with Gasteiger partial charge in [-0.05, 0) is 36.7 Å². The molecule has 6 heteroatoms. The summed E-state index contributed by atoms with van der Waals surface area (Å²) in [6.45, 7) is 14.9. The van der Waals surface area contributed by atoms with E-state index in [4.69, 9.17) is 14.3 Å². The fourth-order valence-electron chi connectivity index (χ4n) is 4.12. The van der Waals surface area contributed by atoms with Crippen LogP contribution >= 0.6 is 0 Å². The first-order valence-electron chi connectivity index (χ1n) is 16.2. The van der Waals surface area contributed by atoms with Gasteiger partial charge in [-0.25, -0.2) is 4.79 Å². The number of aliphatic hydroxyl groups excluding tert-OH is 1. The van der Waals surface area contributed by atoms with E-state index in [0.29, 0.717) is 18.8 Å². The number of rotatable bonds is 23. The highest BCUT2D eigenvalue weighted by Gasteiger charge is 2.37. The molecule has 5 nitrogen and oxygen atoms in total. The van der Waals surface area contributed by atoms with E-state index in [1.54, 1.807) is 30.3 Å². The van der Waals surface area contributed by atoms with Crippen molar-refractivity contribution >= 4 is 14.3 Å². The van der Waals surface area contributed by atoms with Crippen molar-refractivity contribution in [2.45, 2.75) is 155 Å². The summed E-state index contributed by atoms with van der Waals surface area (Å²) >= 11 is 0. The number of aromatic carboxylic acids is 1. The molecular formula is C34H64O5Si. The van der Waals surface area contributed by atoms with Crippen LogP contribution < -0.4 is 0 Å². The van der Waals surface area contributed by atoms with Crippen LogP contribution in [0.3, 0.4) is 0 Å². The summed E-state index contributed by atoms with van der Waals surface area (Å²) in [5.41, 5.74) is 0.331. The van der Waals surface area contributed by atoms with E-state index in [9.17, 15) is 9.90 Å². The molecule has 1 aromatic rings. The van der Waals surface area contributed by atoms with Crippen molar-refractivity contribution in [2.75, 3.05) is 19.8 Å². The average Bonchev–Trinajstić information content (AvgIpc) is 2.91. The molecule has 1 unspecified atom stereocenters. The van der Waals surface area contributed by atoms with Crippen LogP contribution in [0.25, 0.3) is 0 Å². The number of carboxylic acid groups (broad SMARTS) is 1. The number of ether oxygens (including phenoxy) is 1. The van der Waals surface area contributed by atoms with Crippen LogP contribution in [0, 0.1) is 0 Å². The molecule has 1 aromatic carbocycles. The highest BCUT2D eigenvalue weighted by Crippen LogP contribution is 2.36. The normalized spacial score (nSPS) is 12.6. The standard InChI is InChI=1S/C27H58O3Si.C7H6O2/c1-7-8-9-10-11-12-13-14-15-16-17-18-19-20-21-22-23-29-24-26(28)25-30-31(5,6)27(2,3)4;8-7(9)6-4-2-1-3-5-6/h26,28H,7-25H2,1-6H3;1-5H,(H,8,9). The maximum Gasteiger partial charge on any atom is 0.335 e. The Bertz CT molecular complexity index is 702. The molecule has 0 radical (unpaired) electrons. The van der Waals surface area contributed by atoms with E-state index in [2.05, 4.69) is 40.8 Å². The maximum atomic E-state index is 10.2. The maximum absolute atomic E-state index is 10.2. The van der Waals surface area contributed by atoms with Gasteiger partial charge in [-0.3, -0.25) is 0 Å². The predicted octanol–water partition coefficient (Wildman–Crippen LogP) is 10.0. The minimum Gasteiger partial charge on any atom is -0.478 e. The van der Waals surface area contributed by atoms with Crippen LogP contribution in [-0.4, -0.2) is 50.4 Å². The van der Waals surface area contributed by atoms with Crippen molar-refractivity contribution in [1.29, 1.82) is 0 Å². The summed E-state index contributed by atoms with van der Waals surface area (Å²) in [6.07, 6.45) is 21.6. The number of hydrogen-bond acceptors (Lipinski definition) is 4. The fourth-order valence-corrected chi connectivity index (χ4v) is 5.16. The number of unbranched alkanes of at least 4 members (excludes halogenated alkanes) is 15. The minimum atomic E-state index is -1.78. The van der Waals surface area contributed by atoms with Gasteiger partial charge in [0.1, 0.15) is 0 Å². The molecule has 40 heavy (non-hydrogen) atoms. The number of benzene rings is 1. The Morgan fingerprint density at radius 1 is 0.750 bits per heavy atom. The molecule has 0 amide bonds. The van der Waals surface area contributed by atoms with Crippen molar-refractivity contribution < 1.29 is 24.2 Å². The molecule has 234 valence electrons. The molecule has 1 atom stereocenters. The molecule has 0 saturated heterocycles. The molecule has 0 fully saturated rings. The lowest BCUT2D eigenvalue weighted by Gasteiger charge is -2.36. The largest absolute Gasteiger partial charge is 0.478 e. The van der Waals surface area contributed by atoms with Gasteiger partial charge in [0.2, 0.25) is 0 Å². The van der Waals surface area contributed by atoms with Crippen molar-refractivity contribution in [3.05, 3.63) is 35.9 Å². The van der Waals surface area contributed by atoms with Crippen LogP contribution in [0.5, 0.6) is 0 Å². The lowest BCUT2D eigenvalue weighted by molar-refractivity contribution is 0.00808. The predicted molar refractivity (Wildman–Crippen MR) is 173 cm³/mol. The molecular weight excluding hydrogens is 516 g/mol. The molecule has 0 aromatic heterocycles. The first-order chi connectivity index (χ1) is 19.0. The summed E-state index contributed by atoms with van der Waals surface area (Å²) in [4.78, 5) is 10.2. The molecule has 0 bridgehead atoms. The Kier molecular flexibility index (Phi) is 23.7. The SMILES string of the molecule is CCCCCCCCCCCCCCCCCCOCC(O)CO[Si](C)(C)C(C)(C)C.O=C(O)c1ccccc1. The zero-order chi connectivity index (χ0) is 30.1. The third-order valence-electron chi connectivity index (χ3n) is 7.92. The number of hydrogen-bond donors (Lipinski definition) is 2.